The summed E-state index contributed by atoms with van der Waals surface area (Å²) in [6.45, 7) is 2.89. The molecule has 2 N–H and O–H groups in total. The van der Waals surface area contributed by atoms with Crippen molar-refractivity contribution in [3.63, 3.8) is 0 Å². The van der Waals surface area contributed by atoms with E-state index in [1.807, 2.05) is 25.2 Å². The molecule has 0 aromatic rings. The molecule has 2 atom stereocenters. The van der Waals surface area contributed by atoms with Crippen LogP contribution in [0.15, 0.2) is 64.5 Å². The largest absolute Gasteiger partial charge is 0.352 e. The minimum atomic E-state index is -1.67. The fraction of sp³-hybridized carbons (Fsp3) is 0.353. The van der Waals surface area contributed by atoms with E-state index in [0.29, 0.717) is 30.5 Å². The van der Waals surface area contributed by atoms with E-state index in [-0.39, 0.29) is 6.04 Å². The van der Waals surface area contributed by atoms with Gasteiger partial charge in [-0.2, -0.15) is 0 Å². The second-order valence-electron chi connectivity index (χ2n) is 5.20. The maximum Gasteiger partial charge on any atom is 0.192 e. The summed E-state index contributed by atoms with van der Waals surface area (Å²) in [5, 5.41) is 6.34. The number of rotatable bonds is 5. The van der Waals surface area contributed by atoms with Gasteiger partial charge in [0.1, 0.15) is 5.83 Å². The zero-order chi connectivity index (χ0) is 16.7. The Bertz CT molecular complexity index is 603. The Morgan fingerprint density at radius 2 is 2.39 bits per heavy atom. The number of allylic oxidation sites excluding steroid dienone is 7. The molecule has 0 saturated carbocycles. The van der Waals surface area contributed by atoms with Gasteiger partial charge in [-0.25, -0.2) is 8.78 Å². The van der Waals surface area contributed by atoms with Gasteiger partial charge in [0.25, 0.3) is 0 Å². The lowest BCUT2D eigenvalue weighted by atomic mass is 10.1. The highest BCUT2D eigenvalue weighted by Gasteiger charge is 2.20. The van der Waals surface area contributed by atoms with Crippen molar-refractivity contribution >= 4 is 17.6 Å². The minimum Gasteiger partial charge on any atom is -0.352 e. The Labute approximate surface area is 140 Å². The molecule has 1 heterocycles. The molecule has 3 nitrogen and oxygen atoms in total. The summed E-state index contributed by atoms with van der Waals surface area (Å²) in [5.41, 5.74) is 1.70. The van der Waals surface area contributed by atoms with Gasteiger partial charge >= 0.3 is 0 Å². The van der Waals surface area contributed by atoms with Crippen molar-refractivity contribution in [2.24, 2.45) is 4.99 Å². The molecular formula is C17H20ClF2N3. The van der Waals surface area contributed by atoms with E-state index in [4.69, 9.17) is 11.6 Å². The first-order chi connectivity index (χ1) is 11.1. The van der Waals surface area contributed by atoms with Crippen molar-refractivity contribution in [2.75, 3.05) is 19.0 Å². The van der Waals surface area contributed by atoms with E-state index in [2.05, 4.69) is 15.6 Å². The number of alkyl halides is 2. The van der Waals surface area contributed by atoms with Crippen molar-refractivity contribution in [1.82, 2.24) is 10.6 Å². The first kappa shape index (κ1) is 17.5. The number of hydrogen-bond acceptors (Lipinski definition) is 3. The van der Waals surface area contributed by atoms with Crippen molar-refractivity contribution in [1.29, 1.82) is 0 Å². The van der Waals surface area contributed by atoms with Gasteiger partial charge < -0.3 is 10.6 Å². The lowest BCUT2D eigenvalue weighted by Crippen LogP contribution is -2.40. The summed E-state index contributed by atoms with van der Waals surface area (Å²) in [4.78, 5) is 4.37. The maximum atomic E-state index is 13.4. The van der Waals surface area contributed by atoms with Crippen LogP contribution in [0.3, 0.4) is 0 Å². The van der Waals surface area contributed by atoms with E-state index < -0.39 is 12.0 Å². The van der Waals surface area contributed by atoms with Crippen LogP contribution in [0, 0.1) is 0 Å². The summed E-state index contributed by atoms with van der Waals surface area (Å²) in [7, 11) is 0. The van der Waals surface area contributed by atoms with Crippen LogP contribution in [0.4, 0.5) is 8.78 Å². The van der Waals surface area contributed by atoms with Crippen molar-refractivity contribution in [3.05, 3.63) is 59.5 Å². The summed E-state index contributed by atoms with van der Waals surface area (Å²) in [6.07, 6.45) is 9.76. The standard InChI is InChI=1S/C17H20ClF2N3/c1-2-3-6-13(9-18)16-11-22-17(23-16)21-10-12-5-4-7-14(19)15(20)8-12/h2-8,14,16H,9-11H2,1H3,(H2,21,22,23)/b3-2-,13-6+/t14?,16-/m0/s1. The van der Waals surface area contributed by atoms with Crippen LogP contribution in [-0.2, 0) is 0 Å². The Hall–Kier alpha value is -1.88. The molecule has 124 valence electrons. The van der Waals surface area contributed by atoms with Gasteiger partial charge in [-0.15, -0.1) is 11.6 Å². The highest BCUT2D eigenvalue weighted by atomic mass is 35.5. The highest BCUT2D eigenvalue weighted by Crippen LogP contribution is 2.16. The molecule has 2 rings (SSSR count). The Balaban J connectivity index is 1.89. The van der Waals surface area contributed by atoms with Gasteiger partial charge in [-0.1, -0.05) is 30.4 Å². The molecule has 23 heavy (non-hydrogen) atoms. The molecule has 0 fully saturated rings. The van der Waals surface area contributed by atoms with Crippen LogP contribution in [0.1, 0.15) is 6.92 Å². The molecule has 0 amide bonds. The van der Waals surface area contributed by atoms with Crippen molar-refractivity contribution in [3.8, 4) is 0 Å². The van der Waals surface area contributed by atoms with Crippen LogP contribution in [0.2, 0.25) is 0 Å². The topological polar surface area (TPSA) is 36.4 Å². The average molecular weight is 340 g/mol. The zero-order valence-corrected chi connectivity index (χ0v) is 13.7. The first-order valence-corrected chi connectivity index (χ1v) is 7.98. The quantitative estimate of drug-likeness (QED) is 0.595. The Kier molecular flexibility index (Phi) is 6.59. The van der Waals surface area contributed by atoms with Gasteiger partial charge in [0, 0.05) is 12.4 Å². The number of guanidine groups is 1. The lowest BCUT2D eigenvalue weighted by molar-refractivity contribution is 0.382. The summed E-state index contributed by atoms with van der Waals surface area (Å²) >= 11 is 5.96. The SMILES string of the molecule is C/C=C\C=C(/CCl)[C@@H]1CN=C(NCC2=CC=CC(F)C(F)=C2)N1. The molecule has 0 aromatic carbocycles. The van der Waals surface area contributed by atoms with E-state index in [1.165, 1.54) is 18.2 Å². The predicted octanol–water partition coefficient (Wildman–Crippen LogP) is 3.33. The van der Waals surface area contributed by atoms with Gasteiger partial charge in [0.05, 0.1) is 12.6 Å². The third kappa shape index (κ3) is 5.06. The number of nitrogens with zero attached hydrogens (tertiary/aromatic N) is 1. The second-order valence-corrected chi connectivity index (χ2v) is 5.47. The van der Waals surface area contributed by atoms with E-state index in [1.54, 1.807) is 6.08 Å². The molecule has 6 heteroatoms. The number of hydrogen-bond donors (Lipinski definition) is 2. The fourth-order valence-corrected chi connectivity index (χ4v) is 2.47. The molecular weight excluding hydrogens is 320 g/mol. The molecule has 0 bridgehead atoms. The zero-order valence-electron chi connectivity index (χ0n) is 12.9. The van der Waals surface area contributed by atoms with Gasteiger partial charge in [0.2, 0.25) is 0 Å². The highest BCUT2D eigenvalue weighted by molar-refractivity contribution is 6.19. The summed E-state index contributed by atoms with van der Waals surface area (Å²) < 4.78 is 26.6. The van der Waals surface area contributed by atoms with Gasteiger partial charge in [-0.05, 0) is 30.2 Å². The Morgan fingerprint density at radius 1 is 1.57 bits per heavy atom. The number of aliphatic imine (C=N–C) groups is 1. The molecule has 1 aliphatic carbocycles. The molecule has 2 aliphatic rings. The lowest BCUT2D eigenvalue weighted by Gasteiger charge is -2.14. The normalized spacial score (nSPS) is 24.9. The predicted molar refractivity (Wildman–Crippen MR) is 92.2 cm³/mol. The molecule has 0 radical (unpaired) electrons. The maximum absolute atomic E-state index is 13.4. The molecule has 1 aliphatic heterocycles. The van der Waals surface area contributed by atoms with Crippen LogP contribution in [0.5, 0.6) is 0 Å². The third-order valence-electron chi connectivity index (χ3n) is 3.48. The smallest absolute Gasteiger partial charge is 0.192 e. The van der Waals surface area contributed by atoms with E-state index >= 15 is 0 Å². The minimum absolute atomic E-state index is 0.0525. The Morgan fingerprint density at radius 3 is 3.13 bits per heavy atom. The van der Waals surface area contributed by atoms with Crippen molar-refractivity contribution < 1.29 is 8.78 Å². The van der Waals surface area contributed by atoms with Crippen LogP contribution in [0.25, 0.3) is 0 Å². The molecule has 1 unspecified atom stereocenters. The van der Waals surface area contributed by atoms with Crippen LogP contribution < -0.4 is 10.6 Å². The monoisotopic (exact) mass is 339 g/mol. The second kappa shape index (κ2) is 8.67. The third-order valence-corrected chi connectivity index (χ3v) is 3.79. The average Bonchev–Trinajstić information content (AvgIpc) is 2.95. The fourth-order valence-electron chi connectivity index (χ4n) is 2.20. The molecule has 0 saturated heterocycles. The first-order valence-electron chi connectivity index (χ1n) is 7.45. The van der Waals surface area contributed by atoms with E-state index in [9.17, 15) is 8.78 Å². The summed E-state index contributed by atoms with van der Waals surface area (Å²) in [5.74, 6) is 0.267. The van der Waals surface area contributed by atoms with E-state index in [0.717, 1.165) is 5.57 Å². The van der Waals surface area contributed by atoms with Gasteiger partial charge in [-0.3, -0.25) is 4.99 Å². The van der Waals surface area contributed by atoms with Crippen LogP contribution in [-0.4, -0.2) is 37.1 Å². The molecule has 0 aromatic heterocycles. The molecule has 0 spiro atoms. The van der Waals surface area contributed by atoms with Crippen molar-refractivity contribution in [2.45, 2.75) is 19.1 Å². The number of halogens is 3. The van der Waals surface area contributed by atoms with Gasteiger partial charge in [0.15, 0.2) is 12.1 Å². The van der Waals surface area contributed by atoms with Crippen LogP contribution >= 0.6 is 11.6 Å². The number of nitrogens with one attached hydrogen (secondary N) is 2. The summed E-state index contributed by atoms with van der Waals surface area (Å²) in [6, 6.07) is 0.0525.